The summed E-state index contributed by atoms with van der Waals surface area (Å²) >= 11 is 5.75. The molecule has 0 radical (unpaired) electrons. The molecule has 1 nitrogen and oxygen atoms in total. The molecule has 0 spiro atoms. The standard InChI is InChI=1S/C15H14ClF2N/c1-19-15(11-4-2-3-5-13(11)17)9-10-6-7-14(18)12(16)8-10/h2-8,15,19H,9H2,1H3. The molecule has 2 aromatic rings. The van der Waals surface area contributed by atoms with Crippen LogP contribution in [0.4, 0.5) is 8.78 Å². The molecule has 0 heterocycles. The van der Waals surface area contributed by atoms with Gasteiger partial charge in [0, 0.05) is 11.6 Å². The van der Waals surface area contributed by atoms with Gasteiger partial charge in [0.15, 0.2) is 0 Å². The fraction of sp³-hybridized carbons (Fsp3) is 0.200. The molecule has 0 saturated carbocycles. The molecule has 2 aromatic carbocycles. The fourth-order valence-electron chi connectivity index (χ4n) is 2.03. The summed E-state index contributed by atoms with van der Waals surface area (Å²) in [5, 5.41) is 3.15. The predicted molar refractivity (Wildman–Crippen MR) is 73.3 cm³/mol. The third-order valence-corrected chi connectivity index (χ3v) is 3.34. The molecule has 1 atom stereocenters. The van der Waals surface area contributed by atoms with E-state index in [1.165, 1.54) is 12.1 Å². The number of benzene rings is 2. The van der Waals surface area contributed by atoms with Gasteiger partial charge >= 0.3 is 0 Å². The summed E-state index contributed by atoms with van der Waals surface area (Å²) in [5.74, 6) is -0.702. The SMILES string of the molecule is CNC(Cc1ccc(F)c(Cl)c1)c1ccccc1F. The Morgan fingerprint density at radius 2 is 1.84 bits per heavy atom. The van der Waals surface area contributed by atoms with Crippen LogP contribution in [0.2, 0.25) is 5.02 Å². The molecular weight excluding hydrogens is 268 g/mol. The Morgan fingerprint density at radius 3 is 2.47 bits per heavy atom. The van der Waals surface area contributed by atoms with Gasteiger partial charge < -0.3 is 5.32 Å². The van der Waals surface area contributed by atoms with Gasteiger partial charge in [-0.3, -0.25) is 0 Å². The van der Waals surface area contributed by atoms with Crippen LogP contribution in [0.5, 0.6) is 0 Å². The van der Waals surface area contributed by atoms with E-state index in [1.54, 1.807) is 37.4 Å². The zero-order valence-corrected chi connectivity index (χ0v) is 11.2. The number of hydrogen-bond donors (Lipinski definition) is 1. The van der Waals surface area contributed by atoms with Gasteiger partial charge in [-0.2, -0.15) is 0 Å². The highest BCUT2D eigenvalue weighted by Gasteiger charge is 2.14. The second-order valence-electron chi connectivity index (χ2n) is 4.32. The lowest BCUT2D eigenvalue weighted by atomic mass is 9.98. The maximum atomic E-state index is 13.7. The van der Waals surface area contributed by atoms with Crippen molar-refractivity contribution in [2.24, 2.45) is 0 Å². The molecule has 1 N–H and O–H groups in total. The van der Waals surface area contributed by atoms with Gasteiger partial charge in [0.1, 0.15) is 11.6 Å². The van der Waals surface area contributed by atoms with E-state index in [0.717, 1.165) is 5.56 Å². The van der Waals surface area contributed by atoms with E-state index >= 15 is 0 Å². The van der Waals surface area contributed by atoms with Crippen molar-refractivity contribution in [3.8, 4) is 0 Å². The van der Waals surface area contributed by atoms with E-state index in [4.69, 9.17) is 11.6 Å². The average Bonchev–Trinajstić information content (AvgIpc) is 2.41. The van der Waals surface area contributed by atoms with Crippen molar-refractivity contribution in [1.29, 1.82) is 0 Å². The van der Waals surface area contributed by atoms with Crippen LogP contribution < -0.4 is 5.32 Å². The minimum Gasteiger partial charge on any atom is -0.313 e. The van der Waals surface area contributed by atoms with Gasteiger partial charge in [-0.15, -0.1) is 0 Å². The van der Waals surface area contributed by atoms with E-state index in [0.29, 0.717) is 12.0 Å². The van der Waals surface area contributed by atoms with Crippen molar-refractivity contribution < 1.29 is 8.78 Å². The first-order valence-electron chi connectivity index (χ1n) is 5.97. The number of hydrogen-bond acceptors (Lipinski definition) is 1. The van der Waals surface area contributed by atoms with E-state index < -0.39 is 5.82 Å². The van der Waals surface area contributed by atoms with Gasteiger partial charge in [-0.1, -0.05) is 35.9 Å². The highest BCUT2D eigenvalue weighted by Crippen LogP contribution is 2.23. The zero-order chi connectivity index (χ0) is 13.8. The Morgan fingerprint density at radius 1 is 1.11 bits per heavy atom. The van der Waals surface area contributed by atoms with Crippen molar-refractivity contribution >= 4 is 11.6 Å². The summed E-state index contributed by atoms with van der Waals surface area (Å²) in [6.45, 7) is 0. The molecule has 0 amide bonds. The number of rotatable bonds is 4. The maximum Gasteiger partial charge on any atom is 0.141 e. The molecule has 0 fully saturated rings. The molecule has 0 aliphatic rings. The summed E-state index contributed by atoms with van der Waals surface area (Å²) in [5.41, 5.74) is 1.44. The minimum atomic E-state index is -0.447. The molecule has 1 unspecified atom stereocenters. The van der Waals surface area contributed by atoms with Gasteiger partial charge in [-0.05, 0) is 37.2 Å². The number of halogens is 3. The van der Waals surface area contributed by atoms with Crippen LogP contribution in [0.25, 0.3) is 0 Å². The molecule has 19 heavy (non-hydrogen) atoms. The summed E-state index contributed by atoms with van der Waals surface area (Å²) in [6, 6.07) is 11.0. The average molecular weight is 282 g/mol. The molecule has 4 heteroatoms. The third kappa shape index (κ3) is 3.31. The van der Waals surface area contributed by atoms with Crippen molar-refractivity contribution in [2.45, 2.75) is 12.5 Å². The van der Waals surface area contributed by atoms with Gasteiger partial charge in [0.2, 0.25) is 0 Å². The van der Waals surface area contributed by atoms with Gasteiger partial charge in [0.25, 0.3) is 0 Å². The van der Waals surface area contributed by atoms with Crippen molar-refractivity contribution in [3.63, 3.8) is 0 Å². The quantitative estimate of drug-likeness (QED) is 0.889. The molecule has 0 aliphatic carbocycles. The fourth-order valence-corrected chi connectivity index (χ4v) is 2.23. The van der Waals surface area contributed by atoms with E-state index in [2.05, 4.69) is 5.32 Å². The Kier molecular flexibility index (Phi) is 4.51. The Balaban J connectivity index is 2.24. The Bertz CT molecular complexity index is 572. The second kappa shape index (κ2) is 6.13. The summed E-state index contributed by atoms with van der Waals surface area (Å²) in [4.78, 5) is 0. The van der Waals surface area contributed by atoms with E-state index in [9.17, 15) is 8.78 Å². The molecule has 0 aliphatic heterocycles. The van der Waals surface area contributed by atoms with Gasteiger partial charge in [0.05, 0.1) is 5.02 Å². The van der Waals surface area contributed by atoms with E-state index in [-0.39, 0.29) is 16.9 Å². The largest absolute Gasteiger partial charge is 0.313 e. The molecule has 0 bridgehead atoms. The normalized spacial score (nSPS) is 12.4. The van der Waals surface area contributed by atoms with Crippen LogP contribution in [0, 0.1) is 11.6 Å². The third-order valence-electron chi connectivity index (χ3n) is 3.05. The molecule has 0 saturated heterocycles. The Hall–Kier alpha value is -1.45. The topological polar surface area (TPSA) is 12.0 Å². The Labute approximate surface area is 116 Å². The van der Waals surface area contributed by atoms with Crippen molar-refractivity contribution in [1.82, 2.24) is 5.32 Å². The lowest BCUT2D eigenvalue weighted by molar-refractivity contribution is 0.533. The first-order chi connectivity index (χ1) is 9.11. The minimum absolute atomic E-state index is 0.0842. The number of nitrogens with one attached hydrogen (secondary N) is 1. The van der Waals surface area contributed by atoms with Gasteiger partial charge in [-0.25, -0.2) is 8.78 Å². The lowest BCUT2D eigenvalue weighted by Crippen LogP contribution is -2.20. The predicted octanol–water partition coefficient (Wildman–Crippen LogP) is 4.12. The van der Waals surface area contributed by atoms with Crippen LogP contribution >= 0.6 is 11.6 Å². The summed E-state index contributed by atoms with van der Waals surface area (Å²) < 4.78 is 26.8. The zero-order valence-electron chi connectivity index (χ0n) is 10.5. The van der Waals surface area contributed by atoms with Crippen LogP contribution in [0.1, 0.15) is 17.2 Å². The maximum absolute atomic E-state index is 13.7. The second-order valence-corrected chi connectivity index (χ2v) is 4.72. The van der Waals surface area contributed by atoms with E-state index in [1.807, 2.05) is 0 Å². The number of likely N-dealkylation sites (N-methyl/N-ethyl adjacent to an activating group) is 1. The van der Waals surface area contributed by atoms with Crippen molar-refractivity contribution in [2.75, 3.05) is 7.05 Å². The van der Waals surface area contributed by atoms with Crippen LogP contribution in [-0.4, -0.2) is 7.05 Å². The molecular formula is C15H14ClF2N. The summed E-state index contributed by atoms with van der Waals surface area (Å²) in [6.07, 6.45) is 0.539. The molecule has 0 aromatic heterocycles. The van der Waals surface area contributed by atoms with Crippen molar-refractivity contribution in [3.05, 3.63) is 70.2 Å². The monoisotopic (exact) mass is 281 g/mol. The smallest absolute Gasteiger partial charge is 0.141 e. The molecule has 2 rings (SSSR count). The van der Waals surface area contributed by atoms with Crippen LogP contribution in [0.15, 0.2) is 42.5 Å². The summed E-state index contributed by atoms with van der Waals surface area (Å²) in [7, 11) is 1.77. The van der Waals surface area contributed by atoms with Crippen LogP contribution in [0.3, 0.4) is 0 Å². The highest BCUT2D eigenvalue weighted by atomic mass is 35.5. The molecule has 100 valence electrons. The first kappa shape index (κ1) is 14.0. The first-order valence-corrected chi connectivity index (χ1v) is 6.35. The lowest BCUT2D eigenvalue weighted by Gasteiger charge is -2.17. The van der Waals surface area contributed by atoms with Crippen LogP contribution in [-0.2, 0) is 6.42 Å². The highest BCUT2D eigenvalue weighted by molar-refractivity contribution is 6.30.